The Morgan fingerprint density at radius 2 is 2.54 bits per heavy atom. The van der Waals surface area contributed by atoms with E-state index in [-0.39, 0.29) is 6.03 Å². The number of urea groups is 1. The number of rotatable bonds is 3. The van der Waals surface area contributed by atoms with Gasteiger partial charge < -0.3 is 9.73 Å². The summed E-state index contributed by atoms with van der Waals surface area (Å²) in [7, 11) is 0. The molecule has 0 aromatic carbocycles. The summed E-state index contributed by atoms with van der Waals surface area (Å²) < 4.78 is 4.70. The largest absolute Gasteiger partial charge is 0.449 e. The highest BCUT2D eigenvalue weighted by molar-refractivity contribution is 5.87. The predicted octanol–water partition coefficient (Wildman–Crippen LogP) is 1.21. The van der Waals surface area contributed by atoms with Gasteiger partial charge in [-0.1, -0.05) is 0 Å². The van der Waals surface area contributed by atoms with E-state index in [4.69, 9.17) is 4.42 Å². The standard InChI is InChI=1S/C8H11N3O2/c12-8(9-3-6-1-2-6)11-7-4-13-5-10-7/h4-6H,1-3H2,(H2,9,11,12). The summed E-state index contributed by atoms with van der Waals surface area (Å²) in [5.41, 5.74) is 0. The van der Waals surface area contributed by atoms with Crippen LogP contribution < -0.4 is 10.6 Å². The van der Waals surface area contributed by atoms with Crippen molar-refractivity contribution in [2.24, 2.45) is 5.92 Å². The molecule has 70 valence electrons. The summed E-state index contributed by atoms with van der Waals surface area (Å²) in [6.07, 6.45) is 5.11. The average Bonchev–Trinajstić information content (AvgIpc) is 2.82. The van der Waals surface area contributed by atoms with Crippen molar-refractivity contribution in [1.82, 2.24) is 10.3 Å². The highest BCUT2D eigenvalue weighted by atomic mass is 16.3. The van der Waals surface area contributed by atoms with Gasteiger partial charge in [0.15, 0.2) is 12.2 Å². The fourth-order valence-corrected chi connectivity index (χ4v) is 0.994. The molecule has 1 fully saturated rings. The fourth-order valence-electron chi connectivity index (χ4n) is 0.994. The average molecular weight is 181 g/mol. The van der Waals surface area contributed by atoms with E-state index in [9.17, 15) is 4.79 Å². The van der Waals surface area contributed by atoms with Crippen molar-refractivity contribution in [3.05, 3.63) is 12.7 Å². The molecule has 2 rings (SSSR count). The Hall–Kier alpha value is -1.52. The van der Waals surface area contributed by atoms with Crippen LogP contribution in [0.5, 0.6) is 0 Å². The summed E-state index contributed by atoms with van der Waals surface area (Å²) in [6.45, 7) is 0.754. The molecular weight excluding hydrogens is 170 g/mol. The second-order valence-corrected chi connectivity index (χ2v) is 3.15. The number of nitrogens with zero attached hydrogens (tertiary/aromatic N) is 1. The van der Waals surface area contributed by atoms with Crippen molar-refractivity contribution in [1.29, 1.82) is 0 Å². The second-order valence-electron chi connectivity index (χ2n) is 3.15. The monoisotopic (exact) mass is 181 g/mol. The summed E-state index contributed by atoms with van der Waals surface area (Å²) in [5, 5.41) is 5.30. The lowest BCUT2D eigenvalue weighted by Crippen LogP contribution is -2.30. The van der Waals surface area contributed by atoms with E-state index in [2.05, 4.69) is 15.6 Å². The lowest BCUT2D eigenvalue weighted by molar-refractivity contribution is 0.251. The fraction of sp³-hybridized carbons (Fsp3) is 0.500. The van der Waals surface area contributed by atoms with Crippen molar-refractivity contribution in [3.63, 3.8) is 0 Å². The molecule has 0 spiro atoms. The lowest BCUT2D eigenvalue weighted by Gasteiger charge is -2.02. The molecule has 1 saturated carbocycles. The Morgan fingerprint density at radius 3 is 3.15 bits per heavy atom. The SMILES string of the molecule is O=C(NCC1CC1)Nc1cocn1. The van der Waals surface area contributed by atoms with Gasteiger partial charge in [0, 0.05) is 6.54 Å². The van der Waals surface area contributed by atoms with Crippen LogP contribution in [0.4, 0.5) is 10.6 Å². The van der Waals surface area contributed by atoms with Crippen LogP contribution in [0.15, 0.2) is 17.1 Å². The second kappa shape index (κ2) is 3.47. The van der Waals surface area contributed by atoms with Gasteiger partial charge in [-0.25, -0.2) is 4.79 Å². The van der Waals surface area contributed by atoms with Crippen LogP contribution in [0.3, 0.4) is 0 Å². The number of hydrogen-bond acceptors (Lipinski definition) is 3. The number of amides is 2. The Bertz CT molecular complexity index is 280. The number of carbonyl (C=O) groups excluding carboxylic acids is 1. The lowest BCUT2D eigenvalue weighted by atomic mass is 10.4. The van der Waals surface area contributed by atoms with Crippen LogP contribution in [-0.4, -0.2) is 17.6 Å². The maximum absolute atomic E-state index is 11.1. The Kier molecular flexibility index (Phi) is 2.16. The maximum atomic E-state index is 11.1. The zero-order valence-corrected chi connectivity index (χ0v) is 7.12. The van der Waals surface area contributed by atoms with Crippen molar-refractivity contribution in [3.8, 4) is 0 Å². The molecule has 0 atom stereocenters. The van der Waals surface area contributed by atoms with Gasteiger partial charge in [-0.3, -0.25) is 5.32 Å². The molecule has 0 bridgehead atoms. The van der Waals surface area contributed by atoms with Gasteiger partial charge in [0.1, 0.15) is 6.26 Å². The minimum Gasteiger partial charge on any atom is -0.449 e. The first-order chi connectivity index (χ1) is 6.34. The highest BCUT2D eigenvalue weighted by Crippen LogP contribution is 2.27. The number of anilines is 1. The van der Waals surface area contributed by atoms with Gasteiger partial charge in [0.25, 0.3) is 0 Å². The Morgan fingerprint density at radius 1 is 1.69 bits per heavy atom. The molecule has 0 aliphatic heterocycles. The molecule has 13 heavy (non-hydrogen) atoms. The first kappa shape index (κ1) is 8.10. The molecule has 0 unspecified atom stereocenters. The highest BCUT2D eigenvalue weighted by Gasteiger charge is 2.21. The quantitative estimate of drug-likeness (QED) is 0.736. The molecule has 1 heterocycles. The summed E-state index contributed by atoms with van der Waals surface area (Å²) in [4.78, 5) is 14.9. The smallest absolute Gasteiger partial charge is 0.320 e. The van der Waals surface area contributed by atoms with E-state index in [1.165, 1.54) is 25.5 Å². The molecule has 2 N–H and O–H groups in total. The third kappa shape index (κ3) is 2.47. The minimum absolute atomic E-state index is 0.221. The number of oxazole rings is 1. The third-order valence-electron chi connectivity index (χ3n) is 1.92. The molecule has 1 aromatic rings. The zero-order chi connectivity index (χ0) is 9.10. The first-order valence-corrected chi connectivity index (χ1v) is 4.27. The minimum atomic E-state index is -0.221. The van der Waals surface area contributed by atoms with E-state index in [1.54, 1.807) is 0 Å². The van der Waals surface area contributed by atoms with Gasteiger partial charge in [-0.2, -0.15) is 4.98 Å². The number of nitrogens with one attached hydrogen (secondary N) is 2. The van der Waals surface area contributed by atoms with Crippen molar-refractivity contribution in [2.45, 2.75) is 12.8 Å². The molecule has 2 amide bonds. The van der Waals surface area contributed by atoms with E-state index in [0.29, 0.717) is 11.7 Å². The van der Waals surface area contributed by atoms with E-state index in [0.717, 1.165) is 6.54 Å². The van der Waals surface area contributed by atoms with E-state index >= 15 is 0 Å². The predicted molar refractivity (Wildman–Crippen MR) is 46.2 cm³/mol. The van der Waals surface area contributed by atoms with Crippen molar-refractivity contribution in [2.75, 3.05) is 11.9 Å². The topological polar surface area (TPSA) is 67.2 Å². The van der Waals surface area contributed by atoms with Crippen molar-refractivity contribution < 1.29 is 9.21 Å². The van der Waals surface area contributed by atoms with Crippen LogP contribution >= 0.6 is 0 Å². The molecular formula is C8H11N3O2. The molecule has 0 radical (unpaired) electrons. The summed E-state index contributed by atoms with van der Waals surface area (Å²) >= 11 is 0. The van der Waals surface area contributed by atoms with Gasteiger partial charge in [-0.15, -0.1) is 0 Å². The third-order valence-corrected chi connectivity index (χ3v) is 1.92. The van der Waals surface area contributed by atoms with Crippen molar-refractivity contribution >= 4 is 11.8 Å². The van der Waals surface area contributed by atoms with Crippen LogP contribution in [0.25, 0.3) is 0 Å². The van der Waals surface area contributed by atoms with Crippen LogP contribution in [0.1, 0.15) is 12.8 Å². The van der Waals surface area contributed by atoms with Gasteiger partial charge in [0.05, 0.1) is 0 Å². The molecule has 1 aromatic heterocycles. The van der Waals surface area contributed by atoms with Crippen LogP contribution in [-0.2, 0) is 0 Å². The molecule has 5 nitrogen and oxygen atoms in total. The van der Waals surface area contributed by atoms with Gasteiger partial charge >= 0.3 is 6.03 Å². The Labute approximate surface area is 75.5 Å². The molecule has 0 saturated heterocycles. The zero-order valence-electron chi connectivity index (χ0n) is 7.12. The number of carbonyl (C=O) groups is 1. The Balaban J connectivity index is 1.71. The molecule has 1 aliphatic carbocycles. The maximum Gasteiger partial charge on any atom is 0.320 e. The molecule has 1 aliphatic rings. The van der Waals surface area contributed by atoms with Gasteiger partial charge in [-0.05, 0) is 18.8 Å². The number of aromatic nitrogens is 1. The van der Waals surface area contributed by atoms with E-state index in [1.807, 2.05) is 0 Å². The van der Waals surface area contributed by atoms with Crippen LogP contribution in [0.2, 0.25) is 0 Å². The summed E-state index contributed by atoms with van der Waals surface area (Å²) in [5.74, 6) is 1.12. The molecule has 5 heteroatoms. The summed E-state index contributed by atoms with van der Waals surface area (Å²) in [6, 6.07) is -0.221. The number of hydrogen-bond donors (Lipinski definition) is 2. The van der Waals surface area contributed by atoms with Crippen LogP contribution in [0, 0.1) is 5.92 Å². The normalized spacial score (nSPS) is 15.4. The van der Waals surface area contributed by atoms with E-state index < -0.39 is 0 Å². The van der Waals surface area contributed by atoms with Gasteiger partial charge in [0.2, 0.25) is 0 Å². The first-order valence-electron chi connectivity index (χ1n) is 4.27.